The minimum absolute atomic E-state index is 0.0423. The average Bonchev–Trinajstić information content (AvgIpc) is 3.27. The monoisotopic (exact) mass is 466 g/mol. The number of nitrogens with zero attached hydrogens (tertiary/aromatic N) is 5. The first-order valence-electron chi connectivity index (χ1n) is 11.2. The molecule has 2 aromatic rings. The minimum Gasteiger partial charge on any atom is -0.417 e. The van der Waals surface area contributed by atoms with Crippen LogP contribution in [0.4, 0.5) is 30.7 Å². The van der Waals surface area contributed by atoms with Crippen LogP contribution < -0.4 is 15.1 Å². The fraction of sp³-hybridized carbons (Fsp3) is 0.591. The lowest BCUT2D eigenvalue weighted by Crippen LogP contribution is -2.44. The third-order valence-corrected chi connectivity index (χ3v) is 6.35. The Morgan fingerprint density at radius 2 is 1.85 bits per heavy atom. The molecular weight excluding hydrogens is 437 g/mol. The van der Waals surface area contributed by atoms with Gasteiger partial charge in [0.2, 0.25) is 5.76 Å². The summed E-state index contributed by atoms with van der Waals surface area (Å²) in [6.07, 6.45) is 1.45. The number of hydrogen-bond donors (Lipinski definition) is 1. The van der Waals surface area contributed by atoms with Crippen molar-refractivity contribution in [3.8, 4) is 0 Å². The van der Waals surface area contributed by atoms with Gasteiger partial charge in [-0.3, -0.25) is 4.79 Å². The molecule has 1 amide bonds. The van der Waals surface area contributed by atoms with Gasteiger partial charge >= 0.3 is 6.18 Å². The Morgan fingerprint density at radius 1 is 1.15 bits per heavy atom. The minimum atomic E-state index is -4.81. The number of anilines is 3. The first-order valence-corrected chi connectivity index (χ1v) is 11.2. The van der Waals surface area contributed by atoms with Crippen molar-refractivity contribution >= 4 is 23.4 Å². The number of nitrogens with one attached hydrogen (secondary N) is 1. The molecule has 1 aliphatic heterocycles. The van der Waals surface area contributed by atoms with Gasteiger partial charge in [0.05, 0.1) is 11.9 Å². The van der Waals surface area contributed by atoms with E-state index in [9.17, 15) is 18.0 Å². The number of piperazine rings is 1. The van der Waals surface area contributed by atoms with E-state index < -0.39 is 23.5 Å². The van der Waals surface area contributed by atoms with E-state index in [4.69, 9.17) is 4.42 Å². The zero-order chi connectivity index (χ0) is 23.6. The molecule has 0 aromatic carbocycles. The van der Waals surface area contributed by atoms with Crippen LogP contribution >= 0.6 is 0 Å². The largest absolute Gasteiger partial charge is 0.437 e. The second kappa shape index (κ2) is 9.58. The van der Waals surface area contributed by atoms with Gasteiger partial charge in [-0.1, -0.05) is 19.3 Å². The van der Waals surface area contributed by atoms with Crippen molar-refractivity contribution in [2.24, 2.45) is 0 Å². The molecule has 1 N–H and O–H groups in total. The number of halogens is 3. The van der Waals surface area contributed by atoms with Crippen molar-refractivity contribution < 1.29 is 22.4 Å². The molecule has 33 heavy (non-hydrogen) atoms. The van der Waals surface area contributed by atoms with Gasteiger partial charge in [0.15, 0.2) is 5.69 Å². The quantitative estimate of drug-likeness (QED) is 0.717. The summed E-state index contributed by atoms with van der Waals surface area (Å²) >= 11 is 0. The maximum absolute atomic E-state index is 13.6. The van der Waals surface area contributed by atoms with E-state index in [0.29, 0.717) is 0 Å². The van der Waals surface area contributed by atoms with Crippen molar-refractivity contribution in [3.63, 3.8) is 0 Å². The fourth-order valence-corrected chi connectivity index (χ4v) is 4.30. The molecule has 180 valence electrons. The predicted octanol–water partition coefficient (Wildman–Crippen LogP) is 3.86. The lowest BCUT2D eigenvalue weighted by molar-refractivity contribution is -0.141. The standard InChI is InChI=1S/C22H29F3N6O2/c1-29-10-12-31(13-11-29)17-9-8-15(14-26-17)27-20(32)18-19(22(23,24)25)28-21(33-18)30(2)16-6-4-3-5-7-16/h8-9,14,16H,3-7,10-13H2,1-2H3,(H,27,32). The van der Waals surface area contributed by atoms with Crippen molar-refractivity contribution in [2.75, 3.05) is 55.4 Å². The zero-order valence-electron chi connectivity index (χ0n) is 18.9. The fourth-order valence-electron chi connectivity index (χ4n) is 4.30. The Kier molecular flexibility index (Phi) is 6.78. The second-order valence-corrected chi connectivity index (χ2v) is 8.72. The van der Waals surface area contributed by atoms with Crippen molar-refractivity contribution in [2.45, 2.75) is 44.3 Å². The molecule has 1 saturated carbocycles. The zero-order valence-corrected chi connectivity index (χ0v) is 18.9. The van der Waals surface area contributed by atoms with Crippen molar-refractivity contribution in [1.82, 2.24) is 14.9 Å². The summed E-state index contributed by atoms with van der Waals surface area (Å²) in [5.41, 5.74) is -1.04. The Hall–Kier alpha value is -2.82. The summed E-state index contributed by atoms with van der Waals surface area (Å²) in [6, 6.07) is 3.22. The molecule has 0 unspecified atom stereocenters. The number of alkyl halides is 3. The number of likely N-dealkylation sites (N-methyl/N-ethyl adjacent to an activating group) is 1. The van der Waals surface area contributed by atoms with Crippen molar-refractivity contribution in [3.05, 3.63) is 29.8 Å². The van der Waals surface area contributed by atoms with Gasteiger partial charge in [-0.2, -0.15) is 18.2 Å². The van der Waals surface area contributed by atoms with Crippen LogP contribution in [0.25, 0.3) is 0 Å². The van der Waals surface area contributed by atoms with Crippen LogP contribution in [0, 0.1) is 0 Å². The first kappa shape index (κ1) is 23.3. The van der Waals surface area contributed by atoms with Gasteiger partial charge in [-0.15, -0.1) is 0 Å². The van der Waals surface area contributed by atoms with E-state index in [1.165, 1.54) is 6.20 Å². The highest BCUT2D eigenvalue weighted by Gasteiger charge is 2.42. The van der Waals surface area contributed by atoms with Gasteiger partial charge in [-0.25, -0.2) is 4.98 Å². The number of amides is 1. The molecule has 3 heterocycles. The molecule has 2 fully saturated rings. The van der Waals surface area contributed by atoms with Crippen molar-refractivity contribution in [1.29, 1.82) is 0 Å². The molecule has 1 aliphatic carbocycles. The van der Waals surface area contributed by atoms with E-state index in [1.807, 2.05) is 0 Å². The number of carbonyl (C=O) groups is 1. The van der Waals surface area contributed by atoms with Crippen LogP contribution in [0.15, 0.2) is 22.7 Å². The summed E-state index contributed by atoms with van der Waals surface area (Å²) in [4.78, 5) is 26.7. The van der Waals surface area contributed by atoms with E-state index in [-0.39, 0.29) is 17.7 Å². The summed E-state index contributed by atoms with van der Waals surface area (Å²) in [5, 5.41) is 2.46. The molecule has 2 aromatic heterocycles. The van der Waals surface area contributed by atoms with Gasteiger partial charge < -0.3 is 24.4 Å². The highest BCUT2D eigenvalue weighted by atomic mass is 19.4. The molecule has 0 bridgehead atoms. The topological polar surface area (TPSA) is 77.7 Å². The van der Waals surface area contributed by atoms with Crippen LogP contribution in [0.5, 0.6) is 0 Å². The van der Waals surface area contributed by atoms with Gasteiger partial charge in [-0.05, 0) is 32.0 Å². The summed E-state index contributed by atoms with van der Waals surface area (Å²) in [5.74, 6) is -1.09. The highest BCUT2D eigenvalue weighted by molar-refractivity contribution is 6.03. The predicted molar refractivity (Wildman–Crippen MR) is 119 cm³/mol. The molecular formula is C22H29F3N6O2. The number of pyridine rings is 1. The molecule has 8 nitrogen and oxygen atoms in total. The number of rotatable bonds is 5. The lowest BCUT2D eigenvalue weighted by atomic mass is 9.95. The lowest BCUT2D eigenvalue weighted by Gasteiger charge is -2.33. The van der Waals surface area contributed by atoms with E-state index in [0.717, 1.165) is 64.1 Å². The van der Waals surface area contributed by atoms with Crippen LogP contribution in [-0.4, -0.2) is 67.1 Å². The molecule has 1 saturated heterocycles. The highest BCUT2D eigenvalue weighted by Crippen LogP contribution is 2.35. The summed E-state index contributed by atoms with van der Waals surface area (Å²) < 4.78 is 46.2. The van der Waals surface area contributed by atoms with Gasteiger partial charge in [0.1, 0.15) is 5.82 Å². The van der Waals surface area contributed by atoms with Crippen LogP contribution in [-0.2, 0) is 6.18 Å². The normalized spacial score (nSPS) is 18.4. The van der Waals surface area contributed by atoms with E-state index >= 15 is 0 Å². The van der Waals surface area contributed by atoms with Crippen LogP contribution in [0.2, 0.25) is 0 Å². The summed E-state index contributed by atoms with van der Waals surface area (Å²) in [7, 11) is 3.71. The molecule has 0 atom stereocenters. The Labute approximate surface area is 190 Å². The Bertz CT molecular complexity index is 948. The molecule has 2 aliphatic rings. The summed E-state index contributed by atoms with van der Waals surface area (Å²) in [6.45, 7) is 3.51. The Balaban J connectivity index is 1.49. The Morgan fingerprint density at radius 3 is 2.45 bits per heavy atom. The second-order valence-electron chi connectivity index (χ2n) is 8.72. The number of oxazole rings is 1. The average molecular weight is 467 g/mol. The number of hydrogen-bond acceptors (Lipinski definition) is 7. The maximum Gasteiger partial charge on any atom is 0.437 e. The molecule has 0 radical (unpaired) electrons. The van der Waals surface area contributed by atoms with Gasteiger partial charge in [0, 0.05) is 39.3 Å². The van der Waals surface area contributed by atoms with E-state index in [1.54, 1.807) is 24.1 Å². The SMILES string of the molecule is CN1CCN(c2ccc(NC(=O)c3oc(N(C)C4CCCCC4)nc3C(F)(F)F)cn2)CC1. The third kappa shape index (κ3) is 5.40. The molecule has 0 spiro atoms. The van der Waals surface area contributed by atoms with Crippen LogP contribution in [0.1, 0.15) is 48.4 Å². The molecule has 4 rings (SSSR count). The third-order valence-electron chi connectivity index (χ3n) is 6.35. The number of aromatic nitrogens is 2. The smallest absolute Gasteiger partial charge is 0.417 e. The van der Waals surface area contributed by atoms with Crippen LogP contribution in [0.3, 0.4) is 0 Å². The first-order chi connectivity index (χ1) is 15.7. The van der Waals surface area contributed by atoms with Gasteiger partial charge in [0.25, 0.3) is 11.9 Å². The maximum atomic E-state index is 13.6. The van der Waals surface area contributed by atoms with E-state index in [2.05, 4.69) is 32.1 Å². The molecule has 11 heteroatoms. The number of carbonyl (C=O) groups excluding carboxylic acids is 1.